The molecule has 90 valence electrons. The molecule has 0 amide bonds. The van der Waals surface area contributed by atoms with E-state index in [2.05, 4.69) is 4.98 Å². The lowest BCUT2D eigenvalue weighted by atomic mass is 9.98. The van der Waals surface area contributed by atoms with E-state index in [0.29, 0.717) is 5.22 Å². The number of hydrogen-bond donors (Lipinski definition) is 1. The highest BCUT2D eigenvalue weighted by Gasteiger charge is 2.17. The van der Waals surface area contributed by atoms with Gasteiger partial charge in [-0.15, -0.1) is 0 Å². The molecule has 3 aromatic rings. The van der Waals surface area contributed by atoms with Crippen molar-refractivity contribution in [1.82, 2.24) is 4.98 Å². The Labute approximate surface area is 109 Å². The molecule has 0 spiro atoms. The minimum atomic E-state index is -0.338. The fraction of sp³-hybridized carbons (Fsp3) is 0.0714. The van der Waals surface area contributed by atoms with Crippen LogP contribution in [0, 0.1) is 0 Å². The van der Waals surface area contributed by atoms with Gasteiger partial charge in [0.15, 0.2) is 5.22 Å². The number of halogens is 1. The first-order valence-corrected chi connectivity index (χ1v) is 5.96. The van der Waals surface area contributed by atoms with Gasteiger partial charge in [-0.1, -0.05) is 24.3 Å². The Hall–Kier alpha value is -1.84. The van der Waals surface area contributed by atoms with Crippen molar-refractivity contribution in [2.75, 3.05) is 0 Å². The first-order valence-electron chi connectivity index (χ1n) is 5.58. The van der Waals surface area contributed by atoms with E-state index in [4.69, 9.17) is 21.8 Å². The molecule has 2 aromatic heterocycles. The van der Waals surface area contributed by atoms with Crippen molar-refractivity contribution in [3.05, 3.63) is 65.3 Å². The second-order valence-corrected chi connectivity index (χ2v) is 4.42. The quantitative estimate of drug-likeness (QED) is 0.765. The van der Waals surface area contributed by atoms with E-state index >= 15 is 0 Å². The molecule has 1 unspecified atom stereocenters. The Morgan fingerprint density at radius 2 is 1.94 bits per heavy atom. The summed E-state index contributed by atoms with van der Waals surface area (Å²) in [6, 6.07) is 9.44. The number of nitrogens with two attached hydrogens (primary N) is 1. The smallest absolute Gasteiger partial charge is 0.198 e. The number of aromatic nitrogens is 1. The molecule has 0 radical (unpaired) electrons. The summed E-state index contributed by atoms with van der Waals surface area (Å²) in [5.74, 6) is 0. The van der Waals surface area contributed by atoms with E-state index < -0.39 is 0 Å². The maximum absolute atomic E-state index is 6.24. The molecule has 2 heterocycles. The monoisotopic (exact) mass is 258 g/mol. The van der Waals surface area contributed by atoms with E-state index in [9.17, 15) is 0 Å². The van der Waals surface area contributed by atoms with Gasteiger partial charge in [-0.2, -0.15) is 0 Å². The van der Waals surface area contributed by atoms with Crippen LogP contribution >= 0.6 is 11.6 Å². The Morgan fingerprint density at radius 1 is 1.11 bits per heavy atom. The van der Waals surface area contributed by atoms with Gasteiger partial charge in [-0.25, -0.2) is 0 Å². The van der Waals surface area contributed by atoms with Crippen LogP contribution in [0.2, 0.25) is 5.22 Å². The molecule has 4 heteroatoms. The minimum absolute atomic E-state index is 0.329. The number of nitrogens with zero attached hydrogens (tertiary/aromatic N) is 1. The average Bonchev–Trinajstić information content (AvgIpc) is 2.83. The molecule has 3 nitrogen and oxygen atoms in total. The van der Waals surface area contributed by atoms with Crippen LogP contribution in [0.1, 0.15) is 17.2 Å². The van der Waals surface area contributed by atoms with Crippen molar-refractivity contribution in [2.45, 2.75) is 6.04 Å². The number of fused-ring (bicyclic) bond motifs is 1. The van der Waals surface area contributed by atoms with Crippen LogP contribution in [0.4, 0.5) is 0 Å². The van der Waals surface area contributed by atoms with Crippen LogP contribution in [0.5, 0.6) is 0 Å². The first-order chi connectivity index (χ1) is 8.77. The molecule has 1 aromatic carbocycles. The van der Waals surface area contributed by atoms with E-state index in [-0.39, 0.29) is 6.04 Å². The molecule has 0 aliphatic rings. The summed E-state index contributed by atoms with van der Waals surface area (Å²) < 4.78 is 5.08. The summed E-state index contributed by atoms with van der Waals surface area (Å²) in [5.41, 5.74) is 7.96. The maximum atomic E-state index is 6.24. The maximum Gasteiger partial charge on any atom is 0.198 e. The summed E-state index contributed by atoms with van der Waals surface area (Å²) in [7, 11) is 0. The van der Waals surface area contributed by atoms with Gasteiger partial charge in [0.25, 0.3) is 0 Å². The molecular formula is C14H11ClN2O. The van der Waals surface area contributed by atoms with Gasteiger partial charge in [-0.3, -0.25) is 4.98 Å². The standard InChI is InChI=1S/C14H11ClN2O/c15-14-11(5-6-18-14)13(16)12-8-17-7-9-3-1-2-4-10(9)12/h1-8,13H,16H2. The molecule has 0 bridgehead atoms. The number of rotatable bonds is 2. The zero-order valence-electron chi connectivity index (χ0n) is 9.51. The third-order valence-corrected chi connectivity index (χ3v) is 3.32. The lowest BCUT2D eigenvalue weighted by Crippen LogP contribution is -2.12. The van der Waals surface area contributed by atoms with Crippen molar-refractivity contribution in [2.24, 2.45) is 5.73 Å². The van der Waals surface area contributed by atoms with Crippen LogP contribution in [0.3, 0.4) is 0 Å². The van der Waals surface area contributed by atoms with E-state index in [1.165, 1.54) is 6.26 Å². The van der Waals surface area contributed by atoms with Crippen molar-refractivity contribution < 1.29 is 4.42 Å². The molecule has 1 atom stereocenters. The van der Waals surface area contributed by atoms with Crippen molar-refractivity contribution >= 4 is 22.4 Å². The molecule has 0 saturated carbocycles. The number of hydrogen-bond acceptors (Lipinski definition) is 3. The van der Waals surface area contributed by atoms with E-state index in [1.54, 1.807) is 12.3 Å². The van der Waals surface area contributed by atoms with Crippen LogP contribution in [-0.2, 0) is 0 Å². The molecule has 0 aliphatic heterocycles. The van der Waals surface area contributed by atoms with Gasteiger partial charge in [-0.05, 0) is 28.6 Å². The van der Waals surface area contributed by atoms with Gasteiger partial charge >= 0.3 is 0 Å². The summed E-state index contributed by atoms with van der Waals surface area (Å²) >= 11 is 5.97. The lowest BCUT2D eigenvalue weighted by molar-refractivity contribution is 0.564. The summed E-state index contributed by atoms with van der Waals surface area (Å²) in [4.78, 5) is 4.22. The first kappa shape index (κ1) is 11.3. The fourth-order valence-electron chi connectivity index (χ4n) is 2.08. The topological polar surface area (TPSA) is 52.0 Å². The van der Waals surface area contributed by atoms with Gasteiger partial charge < -0.3 is 10.2 Å². The second kappa shape index (κ2) is 4.44. The minimum Gasteiger partial charge on any atom is -0.453 e. The highest BCUT2D eigenvalue weighted by Crippen LogP contribution is 2.30. The van der Waals surface area contributed by atoms with Crippen molar-refractivity contribution in [1.29, 1.82) is 0 Å². The van der Waals surface area contributed by atoms with Gasteiger partial charge in [0.2, 0.25) is 0 Å². The zero-order chi connectivity index (χ0) is 12.5. The molecule has 3 rings (SSSR count). The summed E-state index contributed by atoms with van der Waals surface area (Å²) in [6.45, 7) is 0. The largest absolute Gasteiger partial charge is 0.453 e. The zero-order valence-corrected chi connectivity index (χ0v) is 10.3. The molecule has 2 N–H and O–H groups in total. The van der Waals surface area contributed by atoms with Gasteiger partial charge in [0.1, 0.15) is 0 Å². The Balaban J connectivity index is 2.18. The SMILES string of the molecule is NC(c1ccoc1Cl)c1cncc2ccccc12. The van der Waals surface area contributed by atoms with Crippen LogP contribution in [0.25, 0.3) is 10.8 Å². The van der Waals surface area contributed by atoms with Crippen molar-refractivity contribution in [3.8, 4) is 0 Å². The number of pyridine rings is 1. The summed E-state index contributed by atoms with van der Waals surface area (Å²) in [5, 5.41) is 2.47. The Bertz CT molecular complexity index is 688. The Morgan fingerprint density at radius 3 is 2.72 bits per heavy atom. The summed E-state index contributed by atoms with van der Waals surface area (Å²) in [6.07, 6.45) is 5.13. The van der Waals surface area contributed by atoms with Crippen LogP contribution in [-0.4, -0.2) is 4.98 Å². The third kappa shape index (κ3) is 1.78. The third-order valence-electron chi connectivity index (χ3n) is 3.02. The van der Waals surface area contributed by atoms with Gasteiger partial charge in [0.05, 0.1) is 12.3 Å². The molecule has 0 saturated heterocycles. The number of furan rings is 1. The van der Waals surface area contributed by atoms with Crippen LogP contribution in [0.15, 0.2) is 53.4 Å². The van der Waals surface area contributed by atoms with Crippen molar-refractivity contribution in [3.63, 3.8) is 0 Å². The van der Waals surface area contributed by atoms with E-state index in [1.807, 2.05) is 30.5 Å². The predicted molar refractivity (Wildman–Crippen MR) is 71.5 cm³/mol. The molecule has 18 heavy (non-hydrogen) atoms. The molecule has 0 aliphatic carbocycles. The molecule has 0 fully saturated rings. The molecular weight excluding hydrogens is 248 g/mol. The van der Waals surface area contributed by atoms with Gasteiger partial charge in [0, 0.05) is 23.3 Å². The predicted octanol–water partition coefficient (Wildman–Crippen LogP) is 3.53. The van der Waals surface area contributed by atoms with E-state index in [0.717, 1.165) is 21.9 Å². The highest BCUT2D eigenvalue weighted by atomic mass is 35.5. The fourth-order valence-corrected chi connectivity index (χ4v) is 2.31. The second-order valence-electron chi connectivity index (χ2n) is 4.08. The average molecular weight is 259 g/mol. The highest BCUT2D eigenvalue weighted by molar-refractivity contribution is 6.29. The van der Waals surface area contributed by atoms with Crippen LogP contribution < -0.4 is 5.73 Å². The Kier molecular flexibility index (Phi) is 2.78. The normalized spacial score (nSPS) is 12.8. The number of benzene rings is 1. The lowest BCUT2D eigenvalue weighted by Gasteiger charge is -2.13.